The van der Waals surface area contributed by atoms with Crippen molar-refractivity contribution in [3.63, 3.8) is 0 Å². The van der Waals surface area contributed by atoms with Crippen LogP contribution in [0.2, 0.25) is 0 Å². The molecule has 0 radical (unpaired) electrons. The van der Waals surface area contributed by atoms with Crippen LogP contribution in [-0.2, 0) is 12.8 Å². The van der Waals surface area contributed by atoms with E-state index in [-0.39, 0.29) is 5.82 Å². The van der Waals surface area contributed by atoms with Crippen molar-refractivity contribution in [3.8, 4) is 0 Å². The van der Waals surface area contributed by atoms with Crippen LogP contribution in [0.25, 0.3) is 0 Å². The standard InChI is InChI=1S/C17H22FN3/c1-11(10-19)8-16-12(2)20-17(21-13(16)3)9-14-4-6-15(18)7-5-14/h4-7,11H,8-10,19H2,1-3H3. The van der Waals surface area contributed by atoms with Crippen LogP contribution in [0, 0.1) is 25.6 Å². The maximum Gasteiger partial charge on any atom is 0.133 e. The second-order valence-corrected chi connectivity index (χ2v) is 5.64. The van der Waals surface area contributed by atoms with Crippen LogP contribution in [0.4, 0.5) is 4.39 Å². The van der Waals surface area contributed by atoms with Gasteiger partial charge < -0.3 is 5.73 Å². The van der Waals surface area contributed by atoms with E-state index in [0.717, 1.165) is 29.2 Å². The third kappa shape index (κ3) is 4.08. The van der Waals surface area contributed by atoms with Crippen molar-refractivity contribution in [1.29, 1.82) is 0 Å². The molecule has 0 aliphatic heterocycles. The number of benzene rings is 1. The van der Waals surface area contributed by atoms with Gasteiger partial charge in [-0.05, 0) is 56.0 Å². The van der Waals surface area contributed by atoms with E-state index in [4.69, 9.17) is 5.73 Å². The highest BCUT2D eigenvalue weighted by Crippen LogP contribution is 2.16. The van der Waals surface area contributed by atoms with Gasteiger partial charge in [0.25, 0.3) is 0 Å². The second-order valence-electron chi connectivity index (χ2n) is 5.64. The Morgan fingerprint density at radius 1 is 1.10 bits per heavy atom. The van der Waals surface area contributed by atoms with Crippen molar-refractivity contribution in [3.05, 3.63) is 58.4 Å². The maximum atomic E-state index is 12.9. The molecule has 1 aromatic heterocycles. The summed E-state index contributed by atoms with van der Waals surface area (Å²) in [6.45, 7) is 6.82. The molecule has 0 spiro atoms. The first-order chi connectivity index (χ1) is 9.99. The Morgan fingerprint density at radius 2 is 1.67 bits per heavy atom. The highest BCUT2D eigenvalue weighted by molar-refractivity contribution is 5.27. The summed E-state index contributed by atoms with van der Waals surface area (Å²) in [5, 5.41) is 0. The molecule has 1 heterocycles. The Hall–Kier alpha value is -1.81. The minimum absolute atomic E-state index is 0.224. The summed E-state index contributed by atoms with van der Waals surface area (Å²) in [7, 11) is 0. The highest BCUT2D eigenvalue weighted by Gasteiger charge is 2.11. The average Bonchev–Trinajstić information content (AvgIpc) is 2.45. The molecule has 0 aliphatic carbocycles. The lowest BCUT2D eigenvalue weighted by atomic mass is 9.99. The lowest BCUT2D eigenvalue weighted by molar-refractivity contribution is 0.584. The molecule has 112 valence electrons. The maximum absolute atomic E-state index is 12.9. The van der Waals surface area contributed by atoms with E-state index in [1.54, 1.807) is 12.1 Å². The molecule has 1 aromatic carbocycles. The Bertz CT molecular complexity index is 585. The van der Waals surface area contributed by atoms with Crippen LogP contribution in [0.1, 0.15) is 35.3 Å². The summed E-state index contributed by atoms with van der Waals surface area (Å²) in [5.74, 6) is 0.979. The van der Waals surface area contributed by atoms with Crippen molar-refractivity contribution in [1.82, 2.24) is 9.97 Å². The SMILES string of the molecule is Cc1nc(Cc2ccc(F)cc2)nc(C)c1CC(C)CN. The van der Waals surface area contributed by atoms with Gasteiger partial charge in [-0.3, -0.25) is 0 Å². The average molecular weight is 287 g/mol. The molecule has 0 aliphatic rings. The van der Waals surface area contributed by atoms with Gasteiger partial charge >= 0.3 is 0 Å². The summed E-state index contributed by atoms with van der Waals surface area (Å²) >= 11 is 0. The Balaban J connectivity index is 2.21. The molecule has 21 heavy (non-hydrogen) atoms. The van der Waals surface area contributed by atoms with Gasteiger partial charge in [-0.2, -0.15) is 0 Å². The van der Waals surface area contributed by atoms with Crippen LogP contribution in [-0.4, -0.2) is 16.5 Å². The van der Waals surface area contributed by atoms with Gasteiger partial charge in [0, 0.05) is 17.8 Å². The van der Waals surface area contributed by atoms with Crippen LogP contribution in [0.15, 0.2) is 24.3 Å². The van der Waals surface area contributed by atoms with E-state index in [2.05, 4.69) is 16.9 Å². The quantitative estimate of drug-likeness (QED) is 0.920. The van der Waals surface area contributed by atoms with Gasteiger partial charge in [-0.25, -0.2) is 14.4 Å². The number of nitrogens with zero attached hydrogens (tertiary/aromatic N) is 2. The normalized spacial score (nSPS) is 12.4. The predicted molar refractivity (Wildman–Crippen MR) is 82.6 cm³/mol. The molecule has 3 nitrogen and oxygen atoms in total. The summed E-state index contributed by atoms with van der Waals surface area (Å²) in [5.41, 5.74) is 9.92. The highest BCUT2D eigenvalue weighted by atomic mass is 19.1. The van der Waals surface area contributed by atoms with Crippen LogP contribution >= 0.6 is 0 Å². The molecule has 2 rings (SSSR count). The molecular formula is C17H22FN3. The molecule has 0 amide bonds. The largest absolute Gasteiger partial charge is 0.330 e. The molecule has 4 heteroatoms. The molecule has 1 atom stereocenters. The van der Waals surface area contributed by atoms with Gasteiger partial charge in [-0.1, -0.05) is 19.1 Å². The lowest BCUT2D eigenvalue weighted by Crippen LogP contribution is -2.16. The zero-order valence-electron chi connectivity index (χ0n) is 12.9. The first-order valence-electron chi connectivity index (χ1n) is 7.27. The lowest BCUT2D eigenvalue weighted by Gasteiger charge is -2.14. The number of halogens is 1. The predicted octanol–water partition coefficient (Wildman–Crippen LogP) is 2.96. The van der Waals surface area contributed by atoms with E-state index in [0.29, 0.717) is 18.9 Å². The Labute approximate surface area is 125 Å². The van der Waals surface area contributed by atoms with E-state index in [1.807, 2.05) is 13.8 Å². The van der Waals surface area contributed by atoms with Crippen LogP contribution in [0.5, 0.6) is 0 Å². The number of hydrogen-bond donors (Lipinski definition) is 1. The summed E-state index contributed by atoms with van der Waals surface area (Å²) in [6, 6.07) is 6.47. The van der Waals surface area contributed by atoms with Gasteiger partial charge in [0.2, 0.25) is 0 Å². The number of hydrogen-bond acceptors (Lipinski definition) is 3. The fourth-order valence-corrected chi connectivity index (χ4v) is 2.40. The van der Waals surface area contributed by atoms with Gasteiger partial charge in [-0.15, -0.1) is 0 Å². The van der Waals surface area contributed by atoms with E-state index >= 15 is 0 Å². The molecule has 0 saturated heterocycles. The molecule has 0 saturated carbocycles. The zero-order chi connectivity index (χ0) is 15.4. The Morgan fingerprint density at radius 3 is 2.19 bits per heavy atom. The van der Waals surface area contributed by atoms with Gasteiger partial charge in [0.15, 0.2) is 0 Å². The van der Waals surface area contributed by atoms with Crippen LogP contribution < -0.4 is 5.73 Å². The number of rotatable bonds is 5. The monoisotopic (exact) mass is 287 g/mol. The van der Waals surface area contributed by atoms with Gasteiger partial charge in [0.1, 0.15) is 11.6 Å². The van der Waals surface area contributed by atoms with E-state index in [1.165, 1.54) is 17.7 Å². The number of nitrogens with two attached hydrogens (primary N) is 1. The minimum atomic E-state index is -0.224. The number of aromatic nitrogens is 2. The molecule has 0 fully saturated rings. The van der Waals surface area contributed by atoms with Crippen molar-refractivity contribution in [2.75, 3.05) is 6.54 Å². The molecular weight excluding hydrogens is 265 g/mol. The summed E-state index contributed by atoms with van der Waals surface area (Å²) in [4.78, 5) is 9.19. The molecule has 2 aromatic rings. The Kier molecular flexibility index (Phi) is 5.02. The number of aryl methyl sites for hydroxylation is 2. The molecule has 0 bridgehead atoms. The van der Waals surface area contributed by atoms with Crippen molar-refractivity contribution >= 4 is 0 Å². The molecule has 2 N–H and O–H groups in total. The van der Waals surface area contributed by atoms with E-state index < -0.39 is 0 Å². The zero-order valence-corrected chi connectivity index (χ0v) is 12.9. The fourth-order valence-electron chi connectivity index (χ4n) is 2.40. The fraction of sp³-hybridized carbons (Fsp3) is 0.412. The van der Waals surface area contributed by atoms with Crippen LogP contribution in [0.3, 0.4) is 0 Å². The summed E-state index contributed by atoms with van der Waals surface area (Å²) < 4.78 is 12.9. The van der Waals surface area contributed by atoms with Crippen molar-refractivity contribution in [2.24, 2.45) is 11.7 Å². The smallest absolute Gasteiger partial charge is 0.133 e. The third-order valence-corrected chi connectivity index (χ3v) is 3.70. The third-order valence-electron chi connectivity index (χ3n) is 3.70. The first-order valence-corrected chi connectivity index (χ1v) is 7.27. The van der Waals surface area contributed by atoms with Crippen molar-refractivity contribution in [2.45, 2.75) is 33.6 Å². The minimum Gasteiger partial charge on any atom is -0.330 e. The topological polar surface area (TPSA) is 51.8 Å². The summed E-state index contributed by atoms with van der Waals surface area (Å²) in [6.07, 6.45) is 1.53. The molecule has 1 unspecified atom stereocenters. The van der Waals surface area contributed by atoms with E-state index in [9.17, 15) is 4.39 Å². The van der Waals surface area contributed by atoms with Crippen molar-refractivity contribution < 1.29 is 4.39 Å². The van der Waals surface area contributed by atoms with Gasteiger partial charge in [0.05, 0.1) is 0 Å². The second kappa shape index (κ2) is 6.76. The first kappa shape index (κ1) is 15.6.